The van der Waals surface area contributed by atoms with Crippen molar-refractivity contribution in [2.24, 2.45) is 5.84 Å². The van der Waals surface area contributed by atoms with Gasteiger partial charge in [0.2, 0.25) is 0 Å². The van der Waals surface area contributed by atoms with Gasteiger partial charge in [0.1, 0.15) is 5.02 Å². The molecule has 18 heavy (non-hydrogen) atoms. The van der Waals surface area contributed by atoms with Crippen molar-refractivity contribution in [2.45, 2.75) is 13.5 Å². The van der Waals surface area contributed by atoms with Gasteiger partial charge in [-0.2, -0.15) is 5.10 Å². The van der Waals surface area contributed by atoms with Crippen LogP contribution in [-0.2, 0) is 6.54 Å². The van der Waals surface area contributed by atoms with E-state index in [4.69, 9.17) is 17.4 Å². The van der Waals surface area contributed by atoms with Gasteiger partial charge in [-0.15, -0.1) is 0 Å². The van der Waals surface area contributed by atoms with E-state index in [1.165, 1.54) is 16.4 Å². The molecule has 0 spiro atoms. The second kappa shape index (κ2) is 5.20. The lowest BCUT2D eigenvalue weighted by molar-refractivity contribution is 0.640. The van der Waals surface area contributed by atoms with E-state index in [-0.39, 0.29) is 10.6 Å². The number of nitrogens with zero attached hydrogens (tertiary/aromatic N) is 2. The summed E-state index contributed by atoms with van der Waals surface area (Å²) in [6.45, 7) is 2.39. The van der Waals surface area contributed by atoms with Crippen LogP contribution >= 0.6 is 11.6 Å². The first-order chi connectivity index (χ1) is 8.61. The fourth-order valence-corrected chi connectivity index (χ4v) is 1.75. The lowest BCUT2D eigenvalue weighted by Gasteiger charge is -2.08. The first-order valence-corrected chi connectivity index (χ1v) is 5.77. The van der Waals surface area contributed by atoms with E-state index < -0.39 is 0 Å². The van der Waals surface area contributed by atoms with E-state index in [0.717, 1.165) is 5.56 Å². The molecular weight excluding hydrogens is 252 g/mol. The number of nitrogens with one attached hydrogen (secondary N) is 1. The fourth-order valence-electron chi connectivity index (χ4n) is 1.54. The Morgan fingerprint density at radius 3 is 2.67 bits per heavy atom. The summed E-state index contributed by atoms with van der Waals surface area (Å²) in [5.41, 5.74) is 4.43. The molecule has 0 atom stereocenters. The topological polar surface area (TPSA) is 72.9 Å². The number of benzene rings is 1. The molecule has 2 rings (SSSR count). The third-order valence-electron chi connectivity index (χ3n) is 2.59. The quantitative estimate of drug-likeness (QED) is 0.652. The summed E-state index contributed by atoms with van der Waals surface area (Å²) < 4.78 is 1.30. The molecule has 94 valence electrons. The Bertz CT molecular complexity index is 606. The average Bonchev–Trinajstić information content (AvgIpc) is 2.38. The van der Waals surface area contributed by atoms with Crippen molar-refractivity contribution < 1.29 is 0 Å². The molecule has 1 aromatic heterocycles. The third kappa shape index (κ3) is 2.52. The van der Waals surface area contributed by atoms with Gasteiger partial charge in [-0.1, -0.05) is 41.4 Å². The minimum atomic E-state index is -0.368. The Balaban J connectivity index is 2.33. The van der Waals surface area contributed by atoms with Crippen LogP contribution in [0.4, 0.5) is 5.69 Å². The molecule has 1 heterocycles. The normalized spacial score (nSPS) is 10.4. The van der Waals surface area contributed by atoms with Crippen LogP contribution in [0.15, 0.2) is 35.3 Å². The highest BCUT2D eigenvalue weighted by Crippen LogP contribution is 2.13. The molecule has 3 N–H and O–H groups in total. The Labute approximate surface area is 109 Å². The first-order valence-electron chi connectivity index (χ1n) is 5.39. The maximum absolute atomic E-state index is 11.9. The lowest BCUT2D eigenvalue weighted by Crippen LogP contribution is -2.25. The van der Waals surface area contributed by atoms with E-state index in [2.05, 4.69) is 10.5 Å². The fraction of sp³-hybridized carbons (Fsp3) is 0.167. The highest BCUT2D eigenvalue weighted by atomic mass is 35.5. The van der Waals surface area contributed by atoms with Gasteiger partial charge < -0.3 is 5.43 Å². The molecule has 0 bridgehead atoms. The zero-order chi connectivity index (χ0) is 13.1. The van der Waals surface area contributed by atoms with E-state index >= 15 is 0 Å². The Morgan fingerprint density at radius 2 is 2.06 bits per heavy atom. The Morgan fingerprint density at radius 1 is 1.39 bits per heavy atom. The van der Waals surface area contributed by atoms with Crippen molar-refractivity contribution in [2.75, 3.05) is 5.43 Å². The summed E-state index contributed by atoms with van der Waals surface area (Å²) in [6.07, 6.45) is 1.43. The lowest BCUT2D eigenvalue weighted by atomic mass is 10.1. The van der Waals surface area contributed by atoms with Gasteiger partial charge in [0.05, 0.1) is 18.4 Å². The number of nitrogen functional groups attached to an aromatic ring is 1. The monoisotopic (exact) mass is 264 g/mol. The minimum absolute atomic E-state index is 0.0413. The maximum atomic E-state index is 11.9. The molecule has 0 saturated heterocycles. The molecule has 0 fully saturated rings. The zero-order valence-corrected chi connectivity index (χ0v) is 10.6. The number of hydrazine groups is 1. The first kappa shape index (κ1) is 12.6. The summed E-state index contributed by atoms with van der Waals surface area (Å²) in [5.74, 6) is 5.22. The Kier molecular flexibility index (Phi) is 3.64. The number of hydrogen-bond donors (Lipinski definition) is 2. The Hall–Kier alpha value is -1.85. The zero-order valence-electron chi connectivity index (χ0n) is 9.85. The molecule has 0 aliphatic rings. The van der Waals surface area contributed by atoms with E-state index in [9.17, 15) is 4.79 Å². The van der Waals surface area contributed by atoms with Crippen molar-refractivity contribution in [1.82, 2.24) is 9.78 Å². The number of nitrogens with two attached hydrogens (primary N) is 1. The van der Waals surface area contributed by atoms with Crippen LogP contribution in [-0.4, -0.2) is 9.78 Å². The number of aryl methyl sites for hydroxylation is 1. The molecule has 0 aliphatic heterocycles. The van der Waals surface area contributed by atoms with Crippen molar-refractivity contribution >= 4 is 17.3 Å². The van der Waals surface area contributed by atoms with E-state index in [1.54, 1.807) is 0 Å². The molecule has 0 radical (unpaired) electrons. The van der Waals surface area contributed by atoms with Gasteiger partial charge >= 0.3 is 0 Å². The summed E-state index contributed by atoms with van der Waals surface area (Å²) in [5, 5.41) is 4.05. The summed E-state index contributed by atoms with van der Waals surface area (Å²) in [4.78, 5) is 11.9. The van der Waals surface area contributed by atoms with E-state index in [0.29, 0.717) is 12.2 Å². The second-order valence-corrected chi connectivity index (χ2v) is 4.34. The maximum Gasteiger partial charge on any atom is 0.288 e. The van der Waals surface area contributed by atoms with Gasteiger partial charge in [0, 0.05) is 0 Å². The van der Waals surface area contributed by atoms with Gasteiger partial charge in [0.25, 0.3) is 5.56 Å². The predicted molar refractivity (Wildman–Crippen MR) is 71.6 cm³/mol. The smallest absolute Gasteiger partial charge is 0.288 e. The largest absolute Gasteiger partial charge is 0.321 e. The predicted octanol–water partition coefficient (Wildman–Crippen LogP) is 1.54. The van der Waals surface area contributed by atoms with E-state index in [1.807, 2.05) is 31.2 Å². The molecule has 0 unspecified atom stereocenters. The van der Waals surface area contributed by atoms with Crippen LogP contribution in [0.3, 0.4) is 0 Å². The van der Waals surface area contributed by atoms with Crippen LogP contribution in [0.5, 0.6) is 0 Å². The SMILES string of the molecule is Cc1ccc(Cn2ncc(NN)c(Cl)c2=O)cc1. The molecular formula is C12H13ClN4O. The molecule has 0 saturated carbocycles. The number of anilines is 1. The second-order valence-electron chi connectivity index (χ2n) is 3.96. The van der Waals surface area contributed by atoms with Crippen LogP contribution in [0.1, 0.15) is 11.1 Å². The number of halogens is 1. The van der Waals surface area contributed by atoms with Gasteiger partial charge in [-0.05, 0) is 12.5 Å². The number of rotatable bonds is 3. The van der Waals surface area contributed by atoms with Gasteiger partial charge in [-0.25, -0.2) is 4.68 Å². The van der Waals surface area contributed by atoms with Crippen molar-refractivity contribution in [1.29, 1.82) is 0 Å². The molecule has 0 amide bonds. The van der Waals surface area contributed by atoms with Gasteiger partial charge in [0.15, 0.2) is 0 Å². The molecule has 5 nitrogen and oxygen atoms in total. The summed E-state index contributed by atoms with van der Waals surface area (Å²) in [6, 6.07) is 7.87. The average molecular weight is 265 g/mol. The summed E-state index contributed by atoms with van der Waals surface area (Å²) >= 11 is 5.87. The van der Waals surface area contributed by atoms with Crippen LogP contribution < -0.4 is 16.8 Å². The van der Waals surface area contributed by atoms with Crippen LogP contribution in [0, 0.1) is 6.92 Å². The number of aromatic nitrogens is 2. The molecule has 1 aromatic carbocycles. The highest BCUT2D eigenvalue weighted by molar-refractivity contribution is 6.32. The summed E-state index contributed by atoms with van der Waals surface area (Å²) in [7, 11) is 0. The van der Waals surface area contributed by atoms with Crippen molar-refractivity contribution in [3.63, 3.8) is 0 Å². The molecule has 2 aromatic rings. The van der Waals surface area contributed by atoms with Crippen molar-refractivity contribution in [3.05, 3.63) is 57.0 Å². The van der Waals surface area contributed by atoms with Crippen LogP contribution in [0.2, 0.25) is 5.02 Å². The molecule has 0 aliphatic carbocycles. The highest BCUT2D eigenvalue weighted by Gasteiger charge is 2.08. The third-order valence-corrected chi connectivity index (χ3v) is 2.96. The van der Waals surface area contributed by atoms with Crippen LogP contribution in [0.25, 0.3) is 0 Å². The van der Waals surface area contributed by atoms with Crippen molar-refractivity contribution in [3.8, 4) is 0 Å². The minimum Gasteiger partial charge on any atom is -0.321 e. The molecule has 6 heteroatoms. The standard InChI is InChI=1S/C12H13ClN4O/c1-8-2-4-9(5-3-8)7-17-12(18)11(13)10(16-14)6-15-17/h2-6,16H,7,14H2,1H3. The number of hydrogen-bond acceptors (Lipinski definition) is 4. The van der Waals surface area contributed by atoms with Gasteiger partial charge in [-0.3, -0.25) is 10.6 Å².